The van der Waals surface area contributed by atoms with E-state index in [9.17, 15) is 0 Å². The van der Waals surface area contributed by atoms with Crippen LogP contribution in [0.5, 0.6) is 5.75 Å². The summed E-state index contributed by atoms with van der Waals surface area (Å²) in [6, 6.07) is 16.7. The Kier molecular flexibility index (Phi) is 13.4. The zero-order chi connectivity index (χ0) is 29.6. The molecule has 2 atom stereocenters. The van der Waals surface area contributed by atoms with Gasteiger partial charge >= 0.3 is 0 Å². The molecule has 7 nitrogen and oxygen atoms in total. The number of aromatic nitrogens is 2. The van der Waals surface area contributed by atoms with Crippen LogP contribution in [0.2, 0.25) is 5.02 Å². The molecule has 2 aromatic heterocycles. The fourth-order valence-electron chi connectivity index (χ4n) is 4.90. The van der Waals surface area contributed by atoms with Crippen LogP contribution >= 0.6 is 11.6 Å². The first-order valence-electron chi connectivity index (χ1n) is 14.8. The minimum absolute atomic E-state index is 0.362. The van der Waals surface area contributed by atoms with Gasteiger partial charge in [0.2, 0.25) is 0 Å². The van der Waals surface area contributed by atoms with Crippen molar-refractivity contribution < 1.29 is 4.74 Å². The van der Waals surface area contributed by atoms with Crippen molar-refractivity contribution in [2.45, 2.75) is 65.5 Å². The molecule has 0 saturated carbocycles. The largest absolute Gasteiger partial charge is 0.497 e. The second-order valence-corrected chi connectivity index (χ2v) is 10.9. The standard InChI is InChI=1S/C18H26ClN3.C15H21N3O/c1-4-22(5-2)12-6-7-14(3)21-17-10-11-20-18-13-15(19)8-9-16(17)18;1-11(5-3-7-16)18-14-10-13(19-2)9-12-6-4-8-17-15(12)14/h8-11,13-14H,4-7,12H2,1-3H3,(H,20,21);4,6,8-11,18H,3,5,7,16H2,1-2H3. The summed E-state index contributed by atoms with van der Waals surface area (Å²) in [6.07, 6.45) is 8.08. The van der Waals surface area contributed by atoms with Crippen molar-refractivity contribution in [3.05, 3.63) is 65.9 Å². The third kappa shape index (κ3) is 10.0. The van der Waals surface area contributed by atoms with Crippen molar-refractivity contribution in [3.63, 3.8) is 0 Å². The van der Waals surface area contributed by atoms with E-state index in [1.807, 2.05) is 60.9 Å². The van der Waals surface area contributed by atoms with Gasteiger partial charge in [-0.15, -0.1) is 0 Å². The van der Waals surface area contributed by atoms with Gasteiger partial charge in [-0.3, -0.25) is 9.97 Å². The highest BCUT2D eigenvalue weighted by Gasteiger charge is 2.09. The number of hydrogen-bond donors (Lipinski definition) is 3. The molecule has 0 saturated heterocycles. The number of fused-ring (bicyclic) bond motifs is 2. The van der Waals surface area contributed by atoms with Crippen molar-refractivity contribution in [1.82, 2.24) is 14.9 Å². The number of pyridine rings is 2. The fourth-order valence-corrected chi connectivity index (χ4v) is 5.07. The molecule has 41 heavy (non-hydrogen) atoms. The number of nitrogens with one attached hydrogen (secondary N) is 2. The molecular formula is C33H47ClN6O. The molecule has 0 fully saturated rings. The minimum Gasteiger partial charge on any atom is -0.497 e. The first kappa shape index (κ1) is 32.4. The van der Waals surface area contributed by atoms with Crippen LogP contribution < -0.4 is 21.1 Å². The summed E-state index contributed by atoms with van der Waals surface area (Å²) in [5, 5.41) is 10.0. The lowest BCUT2D eigenvalue weighted by molar-refractivity contribution is 0.295. The number of anilines is 2. The van der Waals surface area contributed by atoms with Crippen LogP contribution in [0.4, 0.5) is 11.4 Å². The molecule has 0 spiro atoms. The van der Waals surface area contributed by atoms with Crippen LogP contribution in [-0.2, 0) is 0 Å². The molecule has 4 rings (SSSR count). The van der Waals surface area contributed by atoms with E-state index < -0.39 is 0 Å². The molecule has 2 heterocycles. The molecule has 8 heteroatoms. The van der Waals surface area contributed by atoms with Gasteiger partial charge in [0.15, 0.2) is 0 Å². The Balaban J connectivity index is 0.000000228. The monoisotopic (exact) mass is 578 g/mol. The van der Waals surface area contributed by atoms with Crippen molar-refractivity contribution >= 4 is 44.8 Å². The lowest BCUT2D eigenvalue weighted by atomic mass is 10.1. The summed E-state index contributed by atoms with van der Waals surface area (Å²) in [7, 11) is 1.68. The predicted molar refractivity (Wildman–Crippen MR) is 177 cm³/mol. The zero-order valence-corrected chi connectivity index (χ0v) is 26.0. The highest BCUT2D eigenvalue weighted by molar-refractivity contribution is 6.31. The molecule has 4 N–H and O–H groups in total. The Hall–Kier alpha value is -3.13. The molecular weight excluding hydrogens is 532 g/mol. The van der Waals surface area contributed by atoms with Crippen LogP contribution in [0.25, 0.3) is 21.8 Å². The van der Waals surface area contributed by atoms with Crippen molar-refractivity contribution in [2.75, 3.05) is 43.9 Å². The van der Waals surface area contributed by atoms with Crippen molar-refractivity contribution in [3.8, 4) is 5.75 Å². The quantitative estimate of drug-likeness (QED) is 0.142. The van der Waals surface area contributed by atoms with Gasteiger partial charge in [0.05, 0.1) is 23.8 Å². The molecule has 0 amide bonds. The number of nitrogens with two attached hydrogens (primary N) is 1. The maximum atomic E-state index is 6.04. The fraction of sp³-hybridized carbons (Fsp3) is 0.455. The molecule has 2 unspecified atom stereocenters. The van der Waals surface area contributed by atoms with E-state index in [0.717, 1.165) is 82.8 Å². The summed E-state index contributed by atoms with van der Waals surface area (Å²) >= 11 is 6.04. The summed E-state index contributed by atoms with van der Waals surface area (Å²) in [5.41, 5.74) is 9.61. The van der Waals surface area contributed by atoms with Gasteiger partial charge in [-0.25, -0.2) is 0 Å². The molecule has 0 aliphatic heterocycles. The average Bonchev–Trinajstić information content (AvgIpc) is 2.98. The molecule has 222 valence electrons. The summed E-state index contributed by atoms with van der Waals surface area (Å²) < 4.78 is 5.34. The third-order valence-electron chi connectivity index (χ3n) is 7.27. The summed E-state index contributed by atoms with van der Waals surface area (Å²) in [5.74, 6) is 0.842. The van der Waals surface area contributed by atoms with E-state index in [2.05, 4.69) is 53.2 Å². The van der Waals surface area contributed by atoms with Crippen molar-refractivity contribution in [1.29, 1.82) is 0 Å². The van der Waals surface area contributed by atoms with Gasteiger partial charge in [0, 0.05) is 52.0 Å². The highest BCUT2D eigenvalue weighted by atomic mass is 35.5. The summed E-state index contributed by atoms with van der Waals surface area (Å²) in [4.78, 5) is 11.3. The van der Waals surface area contributed by atoms with E-state index in [0.29, 0.717) is 12.1 Å². The van der Waals surface area contributed by atoms with E-state index in [-0.39, 0.29) is 0 Å². The Bertz CT molecular complexity index is 1350. The number of benzene rings is 2. The second kappa shape index (κ2) is 17.0. The van der Waals surface area contributed by atoms with Gasteiger partial charge in [0.1, 0.15) is 5.75 Å². The average molecular weight is 579 g/mol. The lowest BCUT2D eigenvalue weighted by Crippen LogP contribution is -2.25. The van der Waals surface area contributed by atoms with Gasteiger partial charge in [-0.05, 0) is 102 Å². The van der Waals surface area contributed by atoms with Crippen LogP contribution in [0.15, 0.2) is 60.9 Å². The Morgan fingerprint density at radius 3 is 2.34 bits per heavy atom. The molecule has 0 bridgehead atoms. The lowest BCUT2D eigenvalue weighted by Gasteiger charge is -2.20. The number of hydrogen-bond acceptors (Lipinski definition) is 7. The third-order valence-corrected chi connectivity index (χ3v) is 7.50. The Labute approximate surface area is 250 Å². The highest BCUT2D eigenvalue weighted by Crippen LogP contribution is 2.28. The maximum absolute atomic E-state index is 6.04. The first-order chi connectivity index (χ1) is 19.9. The number of methoxy groups -OCH3 is 1. The second-order valence-electron chi connectivity index (χ2n) is 10.5. The number of ether oxygens (including phenoxy) is 1. The van der Waals surface area contributed by atoms with E-state index in [1.54, 1.807) is 7.11 Å². The first-order valence-corrected chi connectivity index (χ1v) is 15.2. The number of rotatable bonds is 14. The Morgan fingerprint density at radius 2 is 1.63 bits per heavy atom. The van der Waals surface area contributed by atoms with Crippen LogP contribution in [-0.4, -0.2) is 60.2 Å². The SMILES string of the molecule is CCN(CC)CCCC(C)Nc1ccnc2cc(Cl)ccc12.COc1cc(NC(C)CCCN)c2ncccc2c1. The molecule has 2 aromatic carbocycles. The zero-order valence-electron chi connectivity index (χ0n) is 25.3. The topological polar surface area (TPSA) is 88.3 Å². The smallest absolute Gasteiger partial charge is 0.121 e. The van der Waals surface area contributed by atoms with E-state index in [1.165, 1.54) is 13.0 Å². The van der Waals surface area contributed by atoms with Crippen LogP contribution in [0.1, 0.15) is 53.4 Å². The van der Waals surface area contributed by atoms with E-state index >= 15 is 0 Å². The van der Waals surface area contributed by atoms with Crippen LogP contribution in [0, 0.1) is 0 Å². The molecule has 0 radical (unpaired) electrons. The summed E-state index contributed by atoms with van der Waals surface area (Å²) in [6.45, 7) is 13.0. The van der Waals surface area contributed by atoms with Crippen LogP contribution in [0.3, 0.4) is 0 Å². The maximum Gasteiger partial charge on any atom is 0.121 e. The predicted octanol–water partition coefficient (Wildman–Crippen LogP) is 7.59. The van der Waals surface area contributed by atoms with Gasteiger partial charge in [-0.2, -0.15) is 0 Å². The van der Waals surface area contributed by atoms with Gasteiger partial charge < -0.3 is 26.0 Å². The Morgan fingerprint density at radius 1 is 0.902 bits per heavy atom. The molecule has 0 aliphatic carbocycles. The molecule has 0 aliphatic rings. The number of halogens is 1. The van der Waals surface area contributed by atoms with E-state index in [4.69, 9.17) is 22.1 Å². The normalized spacial score (nSPS) is 12.6. The minimum atomic E-state index is 0.362. The molecule has 4 aromatic rings. The number of nitrogens with zero attached hydrogens (tertiary/aromatic N) is 3. The van der Waals surface area contributed by atoms with Gasteiger partial charge in [0.25, 0.3) is 0 Å². The van der Waals surface area contributed by atoms with Gasteiger partial charge in [-0.1, -0.05) is 31.5 Å². The van der Waals surface area contributed by atoms with Crippen molar-refractivity contribution in [2.24, 2.45) is 5.73 Å².